The van der Waals surface area contributed by atoms with Gasteiger partial charge in [-0.2, -0.15) is 48.3 Å². The topological polar surface area (TPSA) is 27.7 Å². The number of hydrogen-bond donors (Lipinski definition) is 0. The van der Waals surface area contributed by atoms with Crippen LogP contribution in [0.15, 0.2) is 0 Å². The first-order chi connectivity index (χ1) is 10.5. The molecule has 0 aromatic carbocycles. The van der Waals surface area contributed by atoms with Crippen molar-refractivity contribution in [2.24, 2.45) is 0 Å². The van der Waals surface area contributed by atoms with Gasteiger partial charge in [-0.1, -0.05) is 15.9 Å². The molecule has 0 aromatic heterocycles. The summed E-state index contributed by atoms with van der Waals surface area (Å²) < 4.78 is 145. The number of alkyl halides is 12. The molecule has 0 radical (unpaired) electrons. The molecule has 0 aliphatic rings. The fraction of sp³-hybridized carbons (Fsp3) is 1.00. The summed E-state index contributed by atoms with van der Waals surface area (Å²) in [6.45, 7) is -2.42. The van der Waals surface area contributed by atoms with Gasteiger partial charge in [0, 0.05) is 11.9 Å². The predicted molar refractivity (Wildman–Crippen MR) is 57.2 cm³/mol. The van der Waals surface area contributed by atoms with E-state index in [1.165, 1.54) is 0 Å². The fourth-order valence-electron chi connectivity index (χ4n) is 0.902. The summed E-state index contributed by atoms with van der Waals surface area (Å²) in [7, 11) is 0. The van der Waals surface area contributed by atoms with Crippen molar-refractivity contribution in [2.45, 2.75) is 37.0 Å². The van der Waals surface area contributed by atoms with Gasteiger partial charge in [-0.25, -0.2) is 9.47 Å². The van der Waals surface area contributed by atoms with Crippen LogP contribution < -0.4 is 0 Å². The lowest BCUT2D eigenvalue weighted by Gasteiger charge is -2.31. The van der Waals surface area contributed by atoms with Crippen LogP contribution in [0.25, 0.3) is 0 Å². The second-order valence-electron chi connectivity index (χ2n) is 3.98. The van der Waals surface area contributed by atoms with Crippen molar-refractivity contribution in [3.63, 3.8) is 0 Å². The Balaban J connectivity index is 5.00. The average molecular weight is 453 g/mol. The maximum atomic E-state index is 12.9. The molecule has 0 fully saturated rings. The second-order valence-corrected chi connectivity index (χ2v) is 4.78. The SMILES string of the molecule is FC(F)(COCCCBr)OC(F)(F)C(F)(F)OC(F)(F)C(F)(F)F. The molecule has 0 heterocycles. The average Bonchev–Trinajstić information content (AvgIpc) is 2.30. The Labute approximate surface area is 135 Å². The Morgan fingerprint density at radius 1 is 0.667 bits per heavy atom. The second kappa shape index (κ2) is 7.86. The van der Waals surface area contributed by atoms with E-state index in [-0.39, 0.29) is 11.8 Å². The van der Waals surface area contributed by atoms with E-state index < -0.39 is 43.8 Å². The zero-order valence-electron chi connectivity index (χ0n) is 11.1. The van der Waals surface area contributed by atoms with Crippen molar-refractivity contribution in [1.29, 1.82) is 0 Å². The van der Waals surface area contributed by atoms with Gasteiger partial charge in [0.15, 0.2) is 0 Å². The van der Waals surface area contributed by atoms with E-state index in [0.717, 1.165) is 0 Å². The van der Waals surface area contributed by atoms with Gasteiger partial charge in [0.25, 0.3) is 0 Å². The molecule has 0 saturated carbocycles. The molecule has 0 atom stereocenters. The van der Waals surface area contributed by atoms with Crippen LogP contribution in [0.2, 0.25) is 0 Å². The quantitative estimate of drug-likeness (QED) is 0.272. The number of ether oxygens (including phenoxy) is 3. The summed E-state index contributed by atoms with van der Waals surface area (Å²) in [4.78, 5) is 0. The van der Waals surface area contributed by atoms with Crippen molar-refractivity contribution in [3.8, 4) is 0 Å². The zero-order valence-corrected chi connectivity index (χ0v) is 12.7. The highest BCUT2D eigenvalue weighted by Crippen LogP contribution is 2.47. The van der Waals surface area contributed by atoms with Gasteiger partial charge in [-0.15, -0.1) is 0 Å². The minimum absolute atomic E-state index is 0.115. The summed E-state index contributed by atoms with van der Waals surface area (Å²) in [6, 6.07) is 0. The molecule has 0 aromatic rings. The van der Waals surface area contributed by atoms with Crippen molar-refractivity contribution in [2.75, 3.05) is 18.5 Å². The lowest BCUT2D eigenvalue weighted by molar-refractivity contribution is -0.537. The third-order valence-corrected chi connectivity index (χ3v) is 2.46. The standard InChI is InChI=1S/C9H8BrF11O3/c10-2-1-3-22-4-5(11,12)23-8(18,19)9(20,21)24-7(16,17)6(13,14)15/h1-4H2. The van der Waals surface area contributed by atoms with E-state index in [4.69, 9.17) is 0 Å². The third-order valence-electron chi connectivity index (χ3n) is 1.90. The Morgan fingerprint density at radius 2 is 1.12 bits per heavy atom. The molecular weight excluding hydrogens is 445 g/mol. The van der Waals surface area contributed by atoms with Crippen LogP contribution >= 0.6 is 15.9 Å². The van der Waals surface area contributed by atoms with Crippen molar-refractivity contribution in [3.05, 3.63) is 0 Å². The number of rotatable bonds is 10. The molecule has 0 spiro atoms. The zero-order chi connectivity index (χ0) is 19.4. The molecule has 0 aliphatic heterocycles. The lowest BCUT2D eigenvalue weighted by Crippen LogP contribution is -2.55. The summed E-state index contributed by atoms with van der Waals surface area (Å²) in [5.41, 5.74) is 0. The maximum absolute atomic E-state index is 12.9. The monoisotopic (exact) mass is 452 g/mol. The molecule has 3 nitrogen and oxygen atoms in total. The number of hydrogen-bond acceptors (Lipinski definition) is 3. The number of halogens is 12. The smallest absolute Gasteiger partial charge is 0.372 e. The molecule has 24 heavy (non-hydrogen) atoms. The highest BCUT2D eigenvalue weighted by Gasteiger charge is 2.72. The van der Waals surface area contributed by atoms with Gasteiger partial charge >= 0.3 is 30.6 Å². The Morgan fingerprint density at radius 3 is 1.54 bits per heavy atom. The van der Waals surface area contributed by atoms with Gasteiger partial charge in [-0.05, 0) is 6.42 Å². The molecule has 0 unspecified atom stereocenters. The summed E-state index contributed by atoms with van der Waals surface area (Å²) in [5, 5.41) is 0.258. The Bertz CT molecular complexity index is 399. The largest absolute Gasteiger partial charge is 0.483 e. The normalized spacial score (nSPS) is 15.0. The molecule has 0 saturated heterocycles. The van der Waals surface area contributed by atoms with Crippen LogP contribution in [0.5, 0.6) is 0 Å². The van der Waals surface area contributed by atoms with Gasteiger partial charge in [-0.3, -0.25) is 0 Å². The molecule has 15 heteroatoms. The van der Waals surface area contributed by atoms with Crippen molar-refractivity contribution >= 4 is 15.9 Å². The van der Waals surface area contributed by atoms with E-state index in [9.17, 15) is 48.3 Å². The van der Waals surface area contributed by atoms with Gasteiger partial charge in [0.2, 0.25) is 0 Å². The van der Waals surface area contributed by atoms with Crippen molar-refractivity contribution in [1.82, 2.24) is 0 Å². The minimum atomic E-state index is -6.80. The van der Waals surface area contributed by atoms with E-state index in [1.54, 1.807) is 4.74 Å². The highest BCUT2D eigenvalue weighted by molar-refractivity contribution is 9.09. The first kappa shape index (κ1) is 23.6. The van der Waals surface area contributed by atoms with Gasteiger partial charge in [0.1, 0.15) is 6.61 Å². The Hall–Kier alpha value is -0.410. The van der Waals surface area contributed by atoms with E-state index in [2.05, 4.69) is 25.4 Å². The van der Waals surface area contributed by atoms with Crippen LogP contribution in [0, 0.1) is 0 Å². The predicted octanol–water partition coefficient (Wildman–Crippen LogP) is 4.75. The molecular formula is C9H8BrF11O3. The molecule has 0 N–H and O–H groups in total. The Kier molecular flexibility index (Phi) is 7.73. The third kappa shape index (κ3) is 6.84. The van der Waals surface area contributed by atoms with Gasteiger partial charge < -0.3 is 4.74 Å². The lowest BCUT2D eigenvalue weighted by atomic mass is 10.5. The van der Waals surface area contributed by atoms with Gasteiger partial charge in [0.05, 0.1) is 0 Å². The molecule has 0 rings (SSSR count). The first-order valence-electron chi connectivity index (χ1n) is 5.59. The molecule has 0 aliphatic carbocycles. The van der Waals surface area contributed by atoms with E-state index >= 15 is 0 Å². The molecule has 146 valence electrons. The molecule has 0 amide bonds. The van der Waals surface area contributed by atoms with Crippen LogP contribution in [-0.2, 0) is 14.2 Å². The van der Waals surface area contributed by atoms with E-state index in [0.29, 0.717) is 0 Å². The minimum Gasteiger partial charge on any atom is -0.372 e. The molecule has 0 bridgehead atoms. The van der Waals surface area contributed by atoms with Crippen LogP contribution in [0.4, 0.5) is 48.3 Å². The summed E-state index contributed by atoms with van der Waals surface area (Å²) in [6.07, 6.45) is -31.8. The van der Waals surface area contributed by atoms with Crippen LogP contribution in [0.3, 0.4) is 0 Å². The summed E-state index contributed by atoms with van der Waals surface area (Å²) in [5.74, 6) is 0. The van der Waals surface area contributed by atoms with E-state index in [1.807, 2.05) is 0 Å². The maximum Gasteiger partial charge on any atom is 0.483 e. The van der Waals surface area contributed by atoms with Crippen LogP contribution in [0.1, 0.15) is 6.42 Å². The highest BCUT2D eigenvalue weighted by atomic mass is 79.9. The first-order valence-corrected chi connectivity index (χ1v) is 6.71. The van der Waals surface area contributed by atoms with Crippen LogP contribution in [-0.4, -0.2) is 49.2 Å². The fourth-order valence-corrected chi connectivity index (χ4v) is 1.13. The summed E-state index contributed by atoms with van der Waals surface area (Å²) >= 11 is 2.85. The van der Waals surface area contributed by atoms with Crippen molar-refractivity contribution < 1.29 is 62.5 Å².